The molecular weight excluding hydrogens is 368 g/mol. The first-order valence-corrected chi connectivity index (χ1v) is 10.9. The highest BCUT2D eigenvalue weighted by Gasteiger charge is 2.30. The number of carboxylic acids is 3. The van der Waals surface area contributed by atoms with Crippen LogP contribution in [0, 0.1) is 0 Å². The van der Waals surface area contributed by atoms with Crippen LogP contribution < -0.4 is 15.3 Å². The quantitative estimate of drug-likeness (QED) is 0.211. The zero-order valence-electron chi connectivity index (χ0n) is 14.5. The molecular formula is C14H25N2O9Si-3. The van der Waals surface area contributed by atoms with E-state index in [2.05, 4.69) is 0 Å². The molecule has 0 aliphatic rings. The van der Waals surface area contributed by atoms with Crippen molar-refractivity contribution in [3.8, 4) is 0 Å². The Hall–Kier alpha value is -1.57. The largest absolute Gasteiger partial charge is 0.549 e. The molecule has 0 heterocycles. The maximum absolute atomic E-state index is 10.9. The van der Waals surface area contributed by atoms with E-state index in [0.717, 1.165) is 4.90 Å². The zero-order valence-corrected chi connectivity index (χ0v) is 15.5. The van der Waals surface area contributed by atoms with E-state index >= 15 is 0 Å². The molecule has 0 aromatic heterocycles. The van der Waals surface area contributed by atoms with Crippen LogP contribution in [-0.4, -0.2) is 109 Å². The molecule has 0 fully saturated rings. The maximum atomic E-state index is 10.9. The smallest absolute Gasteiger partial charge is 0.139 e. The van der Waals surface area contributed by atoms with E-state index in [-0.39, 0.29) is 38.3 Å². The monoisotopic (exact) mass is 393 g/mol. The van der Waals surface area contributed by atoms with Crippen LogP contribution in [0.2, 0.25) is 6.04 Å². The van der Waals surface area contributed by atoms with Crippen molar-refractivity contribution >= 4 is 26.0 Å². The molecule has 3 N–H and O–H groups in total. The fourth-order valence-electron chi connectivity index (χ4n) is 2.38. The molecule has 12 heteroatoms. The molecule has 26 heavy (non-hydrogen) atoms. The third kappa shape index (κ3) is 10.4. The van der Waals surface area contributed by atoms with E-state index in [1.54, 1.807) is 0 Å². The van der Waals surface area contributed by atoms with Crippen LogP contribution in [0.25, 0.3) is 0 Å². The normalized spacial score (nSPS) is 11.9. The Labute approximate surface area is 152 Å². The Bertz CT molecular complexity index is 435. The van der Waals surface area contributed by atoms with Crippen molar-refractivity contribution < 1.29 is 45.0 Å². The van der Waals surface area contributed by atoms with Crippen LogP contribution in [0.4, 0.5) is 0 Å². The number of hydrogen-bond donors (Lipinski definition) is 3. The Morgan fingerprint density at radius 1 is 0.692 bits per heavy atom. The predicted molar refractivity (Wildman–Crippen MR) is 84.3 cm³/mol. The highest BCUT2D eigenvalue weighted by Crippen LogP contribution is 2.11. The molecule has 0 atom stereocenters. The summed E-state index contributed by atoms with van der Waals surface area (Å²) in [6, 6.07) is 0.363. The summed E-state index contributed by atoms with van der Waals surface area (Å²) in [7, 11) is -2.62. The first kappa shape index (κ1) is 24.4. The second-order valence-corrected chi connectivity index (χ2v) is 10.6. The van der Waals surface area contributed by atoms with E-state index in [4.69, 9.17) is 0 Å². The van der Waals surface area contributed by atoms with E-state index in [1.165, 1.54) is 4.90 Å². The number of carboxylic acid groups (broad SMARTS) is 3. The summed E-state index contributed by atoms with van der Waals surface area (Å²) in [5.41, 5.74) is 0. The summed E-state index contributed by atoms with van der Waals surface area (Å²) in [5.74, 6) is -4.30. The van der Waals surface area contributed by atoms with Gasteiger partial charge in [-0.1, -0.05) is 6.04 Å². The molecule has 0 spiro atoms. The van der Waals surface area contributed by atoms with Gasteiger partial charge >= 0.3 is 0 Å². The third-order valence-electron chi connectivity index (χ3n) is 3.98. The van der Waals surface area contributed by atoms with Gasteiger partial charge in [-0.05, 0) is 13.0 Å². The molecule has 11 nitrogen and oxygen atoms in total. The Balaban J connectivity index is 4.69. The minimum atomic E-state index is -2.62. The minimum absolute atomic E-state index is 0.0438. The lowest BCUT2D eigenvalue weighted by Crippen LogP contribution is -2.50. The minimum Gasteiger partial charge on any atom is -0.549 e. The Kier molecular flexibility index (Phi) is 12.0. The summed E-state index contributed by atoms with van der Waals surface area (Å²) >= 11 is 0. The van der Waals surface area contributed by atoms with Gasteiger partial charge < -0.3 is 45.0 Å². The SMILES string of the molecule is O=C([O-])CN(CCC[Si](CO)(CO)CO)CCN(CC(=O)[O-])CC(=O)[O-]. The maximum Gasteiger partial charge on any atom is 0.139 e. The number of hydrogen-bond acceptors (Lipinski definition) is 11. The molecule has 0 aliphatic carbocycles. The first-order chi connectivity index (χ1) is 12.2. The van der Waals surface area contributed by atoms with Gasteiger partial charge in [0.1, 0.15) is 8.07 Å². The van der Waals surface area contributed by atoms with Crippen LogP contribution in [-0.2, 0) is 14.4 Å². The highest BCUT2D eigenvalue weighted by atomic mass is 28.3. The average molecular weight is 393 g/mol. The van der Waals surface area contributed by atoms with Crippen LogP contribution in [0.15, 0.2) is 0 Å². The number of carbonyl (C=O) groups is 3. The van der Waals surface area contributed by atoms with Crippen molar-refractivity contribution in [1.29, 1.82) is 0 Å². The van der Waals surface area contributed by atoms with Crippen molar-refractivity contribution in [2.24, 2.45) is 0 Å². The molecule has 0 aromatic rings. The van der Waals surface area contributed by atoms with Crippen molar-refractivity contribution in [1.82, 2.24) is 9.80 Å². The van der Waals surface area contributed by atoms with Crippen molar-refractivity contribution in [3.63, 3.8) is 0 Å². The topological polar surface area (TPSA) is 188 Å². The fraction of sp³-hybridized carbons (Fsp3) is 0.786. The van der Waals surface area contributed by atoms with E-state index < -0.39 is 45.6 Å². The molecule has 0 radical (unpaired) electrons. The molecule has 0 saturated heterocycles. The van der Waals surface area contributed by atoms with E-state index in [9.17, 15) is 45.0 Å². The standard InChI is InChI=1S/C14H28N2O9Si/c17-9-26(10-18,11-19)5-1-2-15(6-12(20)21)3-4-16(7-13(22)23)8-14(24)25/h17-19H,1-11H2,(H,20,21)(H,22,23)(H,24,25)/p-3. The van der Waals surface area contributed by atoms with Crippen LogP contribution >= 0.6 is 0 Å². The summed E-state index contributed by atoms with van der Waals surface area (Å²) in [6.07, 6.45) is -0.509. The van der Waals surface area contributed by atoms with Crippen molar-refractivity contribution in [3.05, 3.63) is 0 Å². The predicted octanol–water partition coefficient (Wildman–Crippen LogP) is -6.73. The molecule has 152 valence electrons. The Morgan fingerprint density at radius 3 is 1.46 bits per heavy atom. The number of aliphatic hydroxyl groups is 3. The number of aliphatic carboxylic acids is 3. The molecule has 0 amide bonds. The Morgan fingerprint density at radius 2 is 1.08 bits per heavy atom. The van der Waals surface area contributed by atoms with Gasteiger partial charge in [0.15, 0.2) is 0 Å². The van der Waals surface area contributed by atoms with Gasteiger partial charge in [0.2, 0.25) is 0 Å². The van der Waals surface area contributed by atoms with E-state index in [1.807, 2.05) is 0 Å². The van der Waals surface area contributed by atoms with Crippen molar-refractivity contribution in [2.45, 2.75) is 12.5 Å². The van der Waals surface area contributed by atoms with Gasteiger partial charge in [-0.2, -0.15) is 0 Å². The first-order valence-electron chi connectivity index (χ1n) is 8.05. The number of rotatable bonds is 16. The van der Waals surface area contributed by atoms with Crippen molar-refractivity contribution in [2.75, 3.05) is 58.0 Å². The lowest BCUT2D eigenvalue weighted by molar-refractivity contribution is -0.311. The van der Waals surface area contributed by atoms with Gasteiger partial charge in [-0.25, -0.2) is 0 Å². The summed E-state index contributed by atoms with van der Waals surface area (Å²) in [4.78, 5) is 34.6. The summed E-state index contributed by atoms with van der Waals surface area (Å²) in [5, 5.41) is 60.1. The molecule has 0 aromatic carbocycles. The average Bonchev–Trinajstić information content (AvgIpc) is 2.55. The third-order valence-corrected chi connectivity index (χ3v) is 7.40. The van der Waals surface area contributed by atoms with E-state index in [0.29, 0.717) is 12.5 Å². The number of nitrogens with zero attached hydrogens (tertiary/aromatic N) is 2. The van der Waals surface area contributed by atoms with Gasteiger partial charge in [0, 0.05) is 51.4 Å². The molecule has 0 saturated carbocycles. The summed E-state index contributed by atoms with van der Waals surface area (Å²) < 4.78 is 0. The second kappa shape index (κ2) is 12.7. The summed E-state index contributed by atoms with van der Waals surface area (Å²) in [6.45, 7) is -1.48. The molecule has 0 bridgehead atoms. The van der Waals surface area contributed by atoms with Crippen LogP contribution in [0.5, 0.6) is 0 Å². The van der Waals surface area contributed by atoms with Gasteiger partial charge in [-0.15, -0.1) is 0 Å². The molecule has 0 unspecified atom stereocenters. The lowest BCUT2D eigenvalue weighted by atomic mass is 10.3. The highest BCUT2D eigenvalue weighted by molar-refractivity contribution is 6.79. The number of aliphatic hydroxyl groups excluding tert-OH is 3. The lowest BCUT2D eigenvalue weighted by Gasteiger charge is -2.30. The number of carbonyl (C=O) groups excluding carboxylic acids is 3. The van der Waals surface area contributed by atoms with Gasteiger partial charge in [-0.3, -0.25) is 9.80 Å². The van der Waals surface area contributed by atoms with Crippen LogP contribution in [0.1, 0.15) is 6.42 Å². The second-order valence-electron chi connectivity index (χ2n) is 6.18. The van der Waals surface area contributed by atoms with Gasteiger partial charge in [0.05, 0.1) is 17.9 Å². The zero-order chi connectivity index (χ0) is 20.2. The fourth-order valence-corrected chi connectivity index (χ4v) is 4.06. The van der Waals surface area contributed by atoms with Gasteiger partial charge in [0.25, 0.3) is 0 Å². The molecule has 0 rings (SSSR count). The molecule has 0 aliphatic heterocycles. The van der Waals surface area contributed by atoms with Crippen LogP contribution in [0.3, 0.4) is 0 Å².